The monoisotopic (exact) mass is 373 g/mol. The first kappa shape index (κ1) is 19.6. The van der Waals surface area contributed by atoms with Gasteiger partial charge >= 0.3 is 5.97 Å². The maximum atomic E-state index is 10.5. The largest absolute Gasteiger partial charge is 0.481 e. The first-order valence-corrected chi connectivity index (χ1v) is 9.53. The van der Waals surface area contributed by atoms with E-state index < -0.39 is 18.2 Å². The highest BCUT2D eigenvalue weighted by Gasteiger charge is 2.51. The van der Waals surface area contributed by atoms with Crippen molar-refractivity contribution in [1.29, 1.82) is 0 Å². The number of hydrogen-bond donors (Lipinski definition) is 3. The molecule has 5 atom stereocenters. The minimum atomic E-state index is -0.835. The Morgan fingerprint density at radius 1 is 1.33 bits per heavy atom. The van der Waals surface area contributed by atoms with Crippen LogP contribution in [0.3, 0.4) is 0 Å². The third-order valence-corrected chi connectivity index (χ3v) is 5.48. The molecule has 6 heteroatoms. The van der Waals surface area contributed by atoms with Gasteiger partial charge in [0.05, 0.1) is 17.9 Å². The van der Waals surface area contributed by atoms with Gasteiger partial charge in [0, 0.05) is 24.7 Å². The van der Waals surface area contributed by atoms with Gasteiger partial charge in [0.15, 0.2) is 0 Å². The molecule has 0 bridgehead atoms. The lowest BCUT2D eigenvalue weighted by Gasteiger charge is -2.34. The van der Waals surface area contributed by atoms with Crippen molar-refractivity contribution < 1.29 is 25.0 Å². The molecule has 27 heavy (non-hydrogen) atoms. The molecule has 3 rings (SSSR count). The van der Waals surface area contributed by atoms with Crippen LogP contribution in [0.4, 0.5) is 0 Å². The van der Waals surface area contributed by atoms with Crippen molar-refractivity contribution in [2.24, 2.45) is 22.9 Å². The summed E-state index contributed by atoms with van der Waals surface area (Å²) in [4.78, 5) is 15.7. The number of hydrogen-bond acceptors (Lipinski definition) is 5. The molecule has 0 aliphatic heterocycles. The standard InChI is InChI=1S/C21H27NO5/c23-15(11-14-5-2-1-3-6-14)8-9-16-17-12-19(18(17)13-20(16)24)22-27-10-4-7-21(25)26/h1-3,5-6,8-9,15-18,20,23-24H,4,7,10-13H2,(H,25,26)/t15?,16?,17-,18-,20?/m0/s1. The van der Waals surface area contributed by atoms with Crippen LogP contribution in [-0.2, 0) is 16.1 Å². The minimum Gasteiger partial charge on any atom is -0.481 e. The predicted octanol–water partition coefficient (Wildman–Crippen LogP) is 2.40. The summed E-state index contributed by atoms with van der Waals surface area (Å²) in [5.41, 5.74) is 2.03. The molecule has 3 N–H and O–H groups in total. The highest BCUT2D eigenvalue weighted by Crippen LogP contribution is 2.49. The van der Waals surface area contributed by atoms with Crippen LogP contribution in [0.15, 0.2) is 47.6 Å². The van der Waals surface area contributed by atoms with Crippen LogP contribution in [-0.4, -0.2) is 45.8 Å². The van der Waals surface area contributed by atoms with E-state index in [0.717, 1.165) is 17.7 Å². The van der Waals surface area contributed by atoms with Crippen LogP contribution >= 0.6 is 0 Å². The van der Waals surface area contributed by atoms with Crippen LogP contribution in [0.2, 0.25) is 0 Å². The van der Waals surface area contributed by atoms with Crippen molar-refractivity contribution in [3.05, 3.63) is 48.0 Å². The van der Waals surface area contributed by atoms with E-state index in [1.54, 1.807) is 6.08 Å². The Morgan fingerprint density at radius 3 is 2.85 bits per heavy atom. The van der Waals surface area contributed by atoms with Gasteiger partial charge in [-0.05, 0) is 30.7 Å². The Labute approximate surface area is 159 Å². The van der Waals surface area contributed by atoms with Crippen molar-refractivity contribution in [3.8, 4) is 0 Å². The van der Waals surface area contributed by atoms with Crippen LogP contribution in [0.1, 0.15) is 31.2 Å². The molecule has 1 aromatic carbocycles. The maximum Gasteiger partial charge on any atom is 0.303 e. The van der Waals surface area contributed by atoms with Crippen molar-refractivity contribution in [2.75, 3.05) is 6.61 Å². The lowest BCUT2D eigenvalue weighted by Crippen LogP contribution is -2.36. The Hall–Kier alpha value is -2.18. The van der Waals surface area contributed by atoms with E-state index in [0.29, 0.717) is 31.8 Å². The normalized spacial score (nSPS) is 29.5. The lowest BCUT2D eigenvalue weighted by atomic mass is 9.71. The summed E-state index contributed by atoms with van der Waals surface area (Å²) in [5, 5.41) is 33.3. The molecular formula is C21H27NO5. The summed E-state index contributed by atoms with van der Waals surface area (Å²) in [6, 6.07) is 9.84. The van der Waals surface area contributed by atoms with Crippen LogP contribution in [0, 0.1) is 17.8 Å². The molecule has 0 spiro atoms. The summed E-state index contributed by atoms with van der Waals surface area (Å²) >= 11 is 0. The molecule has 0 saturated heterocycles. The molecule has 0 aromatic heterocycles. The molecule has 0 heterocycles. The van der Waals surface area contributed by atoms with Crippen molar-refractivity contribution in [3.63, 3.8) is 0 Å². The number of aliphatic hydroxyl groups excluding tert-OH is 2. The highest BCUT2D eigenvalue weighted by molar-refractivity contribution is 5.93. The van der Waals surface area contributed by atoms with E-state index in [1.807, 2.05) is 36.4 Å². The van der Waals surface area contributed by atoms with Gasteiger partial charge in [-0.2, -0.15) is 0 Å². The van der Waals surface area contributed by atoms with Gasteiger partial charge < -0.3 is 20.2 Å². The number of carboxylic acids is 1. The van der Waals surface area contributed by atoms with Crippen LogP contribution < -0.4 is 0 Å². The van der Waals surface area contributed by atoms with E-state index in [4.69, 9.17) is 9.94 Å². The quantitative estimate of drug-likeness (QED) is 0.351. The first-order chi connectivity index (χ1) is 13.0. The molecule has 146 valence electrons. The van der Waals surface area contributed by atoms with E-state index in [9.17, 15) is 15.0 Å². The molecule has 6 nitrogen and oxygen atoms in total. The first-order valence-electron chi connectivity index (χ1n) is 9.53. The molecule has 2 saturated carbocycles. The number of benzene rings is 1. The fourth-order valence-electron chi connectivity index (χ4n) is 4.01. The number of carboxylic acid groups (broad SMARTS) is 1. The topological polar surface area (TPSA) is 99.4 Å². The Morgan fingerprint density at radius 2 is 2.11 bits per heavy atom. The SMILES string of the molecule is O=C(O)CCCON=C1C[C@H]2C(C=CC(O)Cc3ccccc3)C(O)C[C@H]12. The molecule has 2 aliphatic carbocycles. The lowest BCUT2D eigenvalue weighted by molar-refractivity contribution is -0.137. The predicted molar refractivity (Wildman–Crippen MR) is 101 cm³/mol. The second kappa shape index (κ2) is 9.15. The van der Waals surface area contributed by atoms with Gasteiger partial charge in [0.25, 0.3) is 0 Å². The zero-order valence-electron chi connectivity index (χ0n) is 15.3. The number of aliphatic hydroxyl groups is 2. The zero-order chi connectivity index (χ0) is 19.2. The number of carbonyl (C=O) groups is 1. The molecule has 2 aliphatic rings. The number of nitrogens with zero attached hydrogens (tertiary/aromatic N) is 1. The van der Waals surface area contributed by atoms with Gasteiger partial charge in [0.2, 0.25) is 0 Å². The summed E-state index contributed by atoms with van der Waals surface area (Å²) in [6.07, 6.45) is 5.26. The fraction of sp³-hybridized carbons (Fsp3) is 0.524. The highest BCUT2D eigenvalue weighted by atomic mass is 16.6. The van der Waals surface area contributed by atoms with Gasteiger partial charge in [-0.1, -0.05) is 47.6 Å². The Balaban J connectivity index is 1.46. The Bertz CT molecular complexity index is 687. The molecular weight excluding hydrogens is 346 g/mol. The van der Waals surface area contributed by atoms with Crippen molar-refractivity contribution in [2.45, 2.75) is 44.3 Å². The van der Waals surface area contributed by atoms with Gasteiger partial charge in [0.1, 0.15) is 6.61 Å². The van der Waals surface area contributed by atoms with Gasteiger partial charge in [-0.25, -0.2) is 0 Å². The third kappa shape index (κ3) is 5.17. The van der Waals surface area contributed by atoms with E-state index >= 15 is 0 Å². The minimum absolute atomic E-state index is 0.0337. The average molecular weight is 373 g/mol. The average Bonchev–Trinajstić information content (AvgIpc) is 2.87. The van der Waals surface area contributed by atoms with E-state index in [2.05, 4.69) is 5.16 Å². The maximum absolute atomic E-state index is 10.5. The van der Waals surface area contributed by atoms with Crippen LogP contribution in [0.25, 0.3) is 0 Å². The third-order valence-electron chi connectivity index (χ3n) is 5.48. The Kier molecular flexibility index (Phi) is 6.63. The smallest absolute Gasteiger partial charge is 0.303 e. The number of oxime groups is 1. The second-order valence-electron chi connectivity index (χ2n) is 7.41. The second-order valence-corrected chi connectivity index (χ2v) is 7.41. The molecule has 0 amide bonds. The summed E-state index contributed by atoms with van der Waals surface area (Å²) in [7, 11) is 0. The van der Waals surface area contributed by atoms with Gasteiger partial charge in [-0.15, -0.1) is 0 Å². The summed E-state index contributed by atoms with van der Waals surface area (Å²) in [5.74, 6) is -0.244. The van der Waals surface area contributed by atoms with Gasteiger partial charge in [-0.3, -0.25) is 4.79 Å². The number of aliphatic carboxylic acids is 1. The molecule has 3 unspecified atom stereocenters. The molecule has 2 fully saturated rings. The van der Waals surface area contributed by atoms with Crippen molar-refractivity contribution in [1.82, 2.24) is 0 Å². The zero-order valence-corrected chi connectivity index (χ0v) is 15.3. The fourth-order valence-corrected chi connectivity index (χ4v) is 4.01. The number of fused-ring (bicyclic) bond motifs is 1. The van der Waals surface area contributed by atoms with Crippen molar-refractivity contribution >= 4 is 11.7 Å². The van der Waals surface area contributed by atoms with Crippen LogP contribution in [0.5, 0.6) is 0 Å². The number of rotatable bonds is 9. The van der Waals surface area contributed by atoms with E-state index in [-0.39, 0.29) is 18.3 Å². The van der Waals surface area contributed by atoms with E-state index in [1.165, 1.54) is 0 Å². The summed E-state index contributed by atoms with van der Waals surface area (Å²) < 4.78 is 0. The molecule has 1 aromatic rings. The molecule has 0 radical (unpaired) electrons. The summed E-state index contributed by atoms with van der Waals surface area (Å²) in [6.45, 7) is 0.296.